The number of rotatable bonds is 17. The van der Waals surface area contributed by atoms with E-state index in [1.165, 1.54) is 67.4 Å². The molecule has 20 heteroatoms. The summed E-state index contributed by atoms with van der Waals surface area (Å²) in [6.07, 6.45) is -3.57. The zero-order chi connectivity index (χ0) is 96.7. The van der Waals surface area contributed by atoms with Crippen molar-refractivity contribution < 1.29 is 61.4 Å². The summed E-state index contributed by atoms with van der Waals surface area (Å²) in [5, 5.41) is -1.80. The van der Waals surface area contributed by atoms with Gasteiger partial charge in [-0.2, -0.15) is 47.9 Å². The number of aromatic nitrogens is 4. The Bertz CT molecular complexity index is 8170. The van der Waals surface area contributed by atoms with Crippen molar-refractivity contribution in [2.24, 2.45) is 0 Å². The molecule has 3 aliphatic rings. The zero-order valence-electron chi connectivity index (χ0n) is 75.8. The van der Waals surface area contributed by atoms with Gasteiger partial charge in [-0.3, -0.25) is 9.97 Å². The van der Waals surface area contributed by atoms with Gasteiger partial charge in [-0.25, -0.2) is 9.97 Å². The standard InChI is InChI=1S/C55H36N2.C39H23F9O3S.C26H25BN2O2/c1-4-14-38(15-5-1)49-36-54(52-22-12-13-31-56-52)57-53-35-42(28-30-48(49)53)40-26-24-37-23-25-39(32-43(37)33-40)41-27-29-47-46-20-10-11-21-50(46)55(51(47)34-41,44-16-6-2-7-17-44)45-18-8-3-9-19-45;40-36(41,38(44,45)46)37(42,43)39(47,48)52(49,50)51-30-19-17-24-15-16-25(21-27(24)22-30)26-18-20-32-31-13-7-8-14-33(31)35(34(32)23-26,28-9-3-1-4-10-28)29-11-5-2-6-12-29;1-25(2)26(3,4)31-27(30-25)19-13-14-20-21(18-10-6-5-7-11-18)17-24(29-23(20)16-19)22-12-8-9-15-28-22/h1-36H;1-23H;5-17H,1-4H3. The molecule has 2 aliphatic carbocycles. The molecule has 0 radical (unpaired) electrons. The second-order valence-electron chi connectivity index (χ2n) is 36.1. The van der Waals surface area contributed by atoms with E-state index in [4.69, 9.17) is 19.3 Å². The highest BCUT2D eigenvalue weighted by molar-refractivity contribution is 7.88. The average molecular weight is 1880 g/mol. The second kappa shape index (κ2) is 35.4. The molecule has 1 aliphatic heterocycles. The fourth-order valence-corrected chi connectivity index (χ4v) is 20.7. The number of alkyl halides is 9. The molecule has 16 aromatic carbocycles. The lowest BCUT2D eigenvalue weighted by Gasteiger charge is -2.34. The van der Waals surface area contributed by atoms with Crippen LogP contribution in [0, 0.1) is 0 Å². The first kappa shape index (κ1) is 90.7. The minimum Gasteiger partial charge on any atom is -0.399 e. The van der Waals surface area contributed by atoms with Crippen LogP contribution >= 0.6 is 0 Å². The zero-order valence-corrected chi connectivity index (χ0v) is 76.6. The second-order valence-corrected chi connectivity index (χ2v) is 37.7. The van der Waals surface area contributed by atoms with Crippen molar-refractivity contribution in [1.29, 1.82) is 0 Å². The minimum atomic E-state index is -7.41. The molecule has 1 saturated heterocycles. The topological polar surface area (TPSA) is 113 Å². The summed E-state index contributed by atoms with van der Waals surface area (Å²) >= 11 is 0. The summed E-state index contributed by atoms with van der Waals surface area (Å²) in [5.41, 5.74) is 28.6. The summed E-state index contributed by atoms with van der Waals surface area (Å²) in [6.45, 7) is 8.27. The molecule has 0 atom stereocenters. The van der Waals surface area contributed by atoms with Crippen LogP contribution in [-0.2, 0) is 30.3 Å². The van der Waals surface area contributed by atoms with E-state index in [2.05, 4.69) is 291 Å². The van der Waals surface area contributed by atoms with Crippen molar-refractivity contribution in [3.8, 4) is 106 Å². The fraction of sp³-hybridized carbons (Fsp3) is 0.100. The Labute approximate surface area is 803 Å². The van der Waals surface area contributed by atoms with Crippen LogP contribution in [-0.4, -0.2) is 70.0 Å². The van der Waals surface area contributed by atoms with Crippen molar-refractivity contribution in [3.63, 3.8) is 0 Å². The van der Waals surface area contributed by atoms with E-state index in [1.807, 2.05) is 146 Å². The predicted molar refractivity (Wildman–Crippen MR) is 539 cm³/mol. The summed E-state index contributed by atoms with van der Waals surface area (Å²) in [4.78, 5) is 19.3. The first-order chi connectivity index (χ1) is 67.5. The lowest BCUT2D eigenvalue weighted by atomic mass is 9.67. The molecule has 1 fully saturated rings. The minimum absolute atomic E-state index is 0.155. The Kier molecular flexibility index (Phi) is 22.9. The van der Waals surface area contributed by atoms with Crippen LogP contribution in [0.25, 0.3) is 144 Å². The Morgan fingerprint density at radius 3 is 1.04 bits per heavy atom. The van der Waals surface area contributed by atoms with Gasteiger partial charge in [0.2, 0.25) is 0 Å². The molecule has 0 unspecified atom stereocenters. The highest BCUT2D eigenvalue weighted by Crippen LogP contribution is 2.60. The van der Waals surface area contributed by atoms with E-state index in [0.717, 1.165) is 129 Å². The van der Waals surface area contributed by atoms with E-state index in [1.54, 1.807) is 18.3 Å². The quantitative estimate of drug-likeness (QED) is 0.0499. The largest absolute Gasteiger partial charge is 0.494 e. The lowest BCUT2D eigenvalue weighted by Crippen LogP contribution is -2.63. The third-order valence-electron chi connectivity index (χ3n) is 27.4. The molecule has 5 heterocycles. The highest BCUT2D eigenvalue weighted by atomic mass is 32.2. The summed E-state index contributed by atoms with van der Waals surface area (Å²) in [6, 6.07) is 143. The third-order valence-corrected chi connectivity index (χ3v) is 28.7. The molecule has 0 spiro atoms. The molecule has 0 N–H and O–H groups in total. The van der Waals surface area contributed by atoms with E-state index < -0.39 is 57.1 Å². The molecule has 9 nitrogen and oxygen atoms in total. The van der Waals surface area contributed by atoms with Crippen molar-refractivity contribution >= 4 is 66.1 Å². The Morgan fingerprint density at radius 2 is 0.629 bits per heavy atom. The van der Waals surface area contributed by atoms with E-state index in [0.29, 0.717) is 16.5 Å². The molecular weight excluding hydrogens is 1790 g/mol. The van der Waals surface area contributed by atoms with Crippen LogP contribution < -0.4 is 9.65 Å². The van der Waals surface area contributed by atoms with Crippen molar-refractivity contribution in [2.45, 2.75) is 73.0 Å². The van der Waals surface area contributed by atoms with Crippen molar-refractivity contribution in [3.05, 3.63) is 482 Å². The van der Waals surface area contributed by atoms with Crippen LogP contribution in [0.2, 0.25) is 0 Å². The van der Waals surface area contributed by atoms with Crippen molar-refractivity contribution in [1.82, 2.24) is 19.9 Å². The number of benzene rings is 16. The molecule has 4 aromatic heterocycles. The lowest BCUT2D eigenvalue weighted by molar-refractivity contribution is -0.382. The van der Waals surface area contributed by atoms with Gasteiger partial charge >= 0.3 is 40.5 Å². The number of halogens is 9. The monoisotopic (exact) mass is 1870 g/mol. The maximum atomic E-state index is 14.4. The van der Waals surface area contributed by atoms with Crippen LogP contribution in [0.3, 0.4) is 0 Å². The molecule has 20 aromatic rings. The fourth-order valence-electron chi connectivity index (χ4n) is 19.8. The number of nitrogens with zero attached hydrogens (tertiary/aromatic N) is 4. The van der Waals surface area contributed by atoms with Crippen molar-refractivity contribution in [2.75, 3.05) is 0 Å². The number of hydrogen-bond acceptors (Lipinski definition) is 9. The maximum absolute atomic E-state index is 14.4. The van der Waals surface area contributed by atoms with Gasteiger partial charge in [0.1, 0.15) is 5.75 Å². The SMILES string of the molecule is CC1(C)OB(c2ccc3c(-c4ccccc4)cc(-c4ccccn4)nc3c2)OC1(C)C.O=S(=O)(Oc1ccc2ccc(-c3ccc4c(c3)C(c3ccccc3)(c3ccccc3)c3ccccc3-4)cc2c1)C(F)(F)C(F)(F)C(F)(F)C(F)(F)F.c1ccc(-c2cc(-c3ccccn3)nc3cc(-c4ccc5ccc(-c6ccc7c(c6)C(c6ccccc6)(c6ccccc6)c6ccccc6-7)cc5c4)ccc23)cc1. The average Bonchev–Trinajstić information content (AvgIpc) is 1.55. The first-order valence-electron chi connectivity index (χ1n) is 45.6. The summed E-state index contributed by atoms with van der Waals surface area (Å²) in [5.74, 6) is -15.8. The molecule has 0 amide bonds. The third kappa shape index (κ3) is 15.7. The molecule has 0 saturated carbocycles. The molecule has 140 heavy (non-hydrogen) atoms. The highest BCUT2D eigenvalue weighted by Gasteiger charge is 2.86. The Hall–Kier alpha value is -15.7. The van der Waals surface area contributed by atoms with Gasteiger partial charge in [0.25, 0.3) is 0 Å². The predicted octanol–water partition coefficient (Wildman–Crippen LogP) is 30.1. The van der Waals surface area contributed by atoms with Gasteiger partial charge in [-0.15, -0.1) is 0 Å². The van der Waals surface area contributed by atoms with Gasteiger partial charge in [0.15, 0.2) is 0 Å². The van der Waals surface area contributed by atoms with Crippen LogP contribution in [0.1, 0.15) is 72.2 Å². The Balaban J connectivity index is 0.000000130. The van der Waals surface area contributed by atoms with E-state index in [-0.39, 0.29) is 16.6 Å². The smallest absolute Gasteiger partial charge is 0.399 e. The van der Waals surface area contributed by atoms with Crippen LogP contribution in [0.4, 0.5) is 39.5 Å². The number of pyridine rings is 4. The number of fused-ring (bicyclic) bond motifs is 10. The number of hydrogen-bond donors (Lipinski definition) is 0. The van der Waals surface area contributed by atoms with Crippen LogP contribution in [0.15, 0.2) is 437 Å². The van der Waals surface area contributed by atoms with Gasteiger partial charge in [-0.1, -0.05) is 334 Å². The Morgan fingerprint density at radius 1 is 0.286 bits per heavy atom. The molecular formula is C120H84BF9N4O5S. The van der Waals surface area contributed by atoms with Gasteiger partial charge in [0.05, 0.1) is 55.8 Å². The molecule has 23 rings (SSSR count). The van der Waals surface area contributed by atoms with Crippen LogP contribution in [0.5, 0.6) is 5.75 Å². The molecule has 686 valence electrons. The maximum Gasteiger partial charge on any atom is 0.494 e. The van der Waals surface area contributed by atoms with E-state index in [9.17, 15) is 47.9 Å². The van der Waals surface area contributed by atoms with Gasteiger partial charge in [-0.05, 0) is 268 Å². The summed E-state index contributed by atoms with van der Waals surface area (Å²) in [7, 11) is -7.53. The first-order valence-corrected chi connectivity index (χ1v) is 47.0. The van der Waals surface area contributed by atoms with Gasteiger partial charge in [0, 0.05) is 23.2 Å². The summed E-state index contributed by atoms with van der Waals surface area (Å²) < 4.78 is 162. The van der Waals surface area contributed by atoms with Gasteiger partial charge < -0.3 is 13.5 Å². The normalized spacial score (nSPS) is 14.4. The molecule has 0 bridgehead atoms. The van der Waals surface area contributed by atoms with E-state index >= 15 is 0 Å².